The second kappa shape index (κ2) is 10.8. The highest BCUT2D eigenvalue weighted by molar-refractivity contribution is 5.63. The average Bonchev–Trinajstić information content (AvgIpc) is 2.82. The molecule has 4 aliphatic rings. The molecule has 190 valence electrons. The molecule has 2 aliphatic carbocycles. The van der Waals surface area contributed by atoms with E-state index in [1.807, 2.05) is 0 Å². The van der Waals surface area contributed by atoms with Gasteiger partial charge in [0, 0.05) is 63.8 Å². The van der Waals surface area contributed by atoms with Crippen LogP contribution < -0.4 is 9.80 Å². The molecule has 2 heterocycles. The Bertz CT molecular complexity index is 778. The van der Waals surface area contributed by atoms with Crippen molar-refractivity contribution in [3.63, 3.8) is 0 Å². The maximum absolute atomic E-state index is 5.91. The fourth-order valence-electron chi connectivity index (χ4n) is 6.79. The first-order valence-corrected chi connectivity index (χ1v) is 14.5. The molecule has 2 aliphatic heterocycles. The molecule has 0 atom stereocenters. The van der Waals surface area contributed by atoms with E-state index in [1.165, 1.54) is 83.4 Å². The van der Waals surface area contributed by atoms with Gasteiger partial charge < -0.3 is 14.5 Å². The molecule has 0 bridgehead atoms. The third kappa shape index (κ3) is 5.75. The highest BCUT2D eigenvalue weighted by Crippen LogP contribution is 2.46. The summed E-state index contributed by atoms with van der Waals surface area (Å²) in [6.45, 7) is 16.3. The molecule has 4 heteroatoms. The van der Waals surface area contributed by atoms with E-state index in [0.29, 0.717) is 11.5 Å². The van der Waals surface area contributed by atoms with Crippen LogP contribution in [0.5, 0.6) is 0 Å². The van der Waals surface area contributed by atoms with Crippen molar-refractivity contribution in [2.45, 2.75) is 90.6 Å². The molecule has 0 spiro atoms. The maximum atomic E-state index is 5.91. The van der Waals surface area contributed by atoms with Crippen LogP contribution in [0.15, 0.2) is 18.2 Å². The summed E-state index contributed by atoms with van der Waals surface area (Å²) in [5.41, 5.74) is 5.15. The molecule has 0 aromatic heterocycles. The van der Waals surface area contributed by atoms with Crippen LogP contribution >= 0.6 is 0 Å². The van der Waals surface area contributed by atoms with Crippen LogP contribution in [-0.4, -0.2) is 63.4 Å². The van der Waals surface area contributed by atoms with Crippen LogP contribution in [0.1, 0.15) is 90.0 Å². The van der Waals surface area contributed by atoms with Gasteiger partial charge in [-0.3, -0.25) is 4.90 Å². The van der Waals surface area contributed by atoms with Gasteiger partial charge in [0.1, 0.15) is 0 Å². The summed E-state index contributed by atoms with van der Waals surface area (Å²) in [4.78, 5) is 8.07. The SMILES string of the molecule is CCOC1CCN(c2ccc(N3CCN(CC4CCC4)CC3)c(C3CCC(C)(C)CC3)c2)CC1. The maximum Gasteiger partial charge on any atom is 0.0608 e. The van der Waals surface area contributed by atoms with E-state index in [4.69, 9.17) is 4.74 Å². The summed E-state index contributed by atoms with van der Waals surface area (Å²) in [5.74, 6) is 1.70. The predicted molar refractivity (Wildman–Crippen MR) is 144 cm³/mol. The Balaban J connectivity index is 1.30. The standard InChI is InChI=1S/C30H49N3O/c1-4-34-27-12-16-32(17-13-27)26-8-9-29(28(22-26)25-10-14-30(2,3)15-11-25)33-20-18-31(19-21-33)23-24-6-5-7-24/h8-9,22,24-25,27H,4-7,10-21,23H2,1-3H3. The molecule has 0 radical (unpaired) electrons. The molecule has 4 nitrogen and oxygen atoms in total. The van der Waals surface area contributed by atoms with Gasteiger partial charge >= 0.3 is 0 Å². The monoisotopic (exact) mass is 467 g/mol. The smallest absolute Gasteiger partial charge is 0.0608 e. The summed E-state index contributed by atoms with van der Waals surface area (Å²) >= 11 is 0. The number of piperidine rings is 1. The lowest BCUT2D eigenvalue weighted by molar-refractivity contribution is 0.0459. The molecule has 2 saturated heterocycles. The van der Waals surface area contributed by atoms with Crippen LogP contribution in [-0.2, 0) is 4.74 Å². The highest BCUT2D eigenvalue weighted by Gasteiger charge is 2.31. The van der Waals surface area contributed by atoms with Gasteiger partial charge in [0.15, 0.2) is 0 Å². The van der Waals surface area contributed by atoms with Gasteiger partial charge in [-0.2, -0.15) is 0 Å². The first-order chi connectivity index (χ1) is 16.5. The normalized spacial score (nSPS) is 25.5. The van der Waals surface area contributed by atoms with Gasteiger partial charge in [0.05, 0.1) is 6.10 Å². The predicted octanol–water partition coefficient (Wildman–Crippen LogP) is 6.30. The van der Waals surface area contributed by atoms with Crippen molar-refractivity contribution in [3.05, 3.63) is 23.8 Å². The summed E-state index contributed by atoms with van der Waals surface area (Å²) in [7, 11) is 0. The third-order valence-electron chi connectivity index (χ3n) is 9.45. The molecule has 1 aromatic rings. The van der Waals surface area contributed by atoms with Crippen molar-refractivity contribution >= 4 is 11.4 Å². The van der Waals surface area contributed by atoms with E-state index in [-0.39, 0.29) is 0 Å². The molecular weight excluding hydrogens is 418 g/mol. The van der Waals surface area contributed by atoms with E-state index in [1.54, 1.807) is 11.3 Å². The molecule has 4 fully saturated rings. The molecule has 34 heavy (non-hydrogen) atoms. The molecule has 0 N–H and O–H groups in total. The minimum atomic E-state index is 0.455. The number of rotatable bonds is 7. The zero-order chi connectivity index (χ0) is 23.5. The summed E-state index contributed by atoms with van der Waals surface area (Å²) in [6.07, 6.45) is 12.6. The first kappa shape index (κ1) is 24.4. The lowest BCUT2D eigenvalue weighted by Crippen LogP contribution is -2.48. The van der Waals surface area contributed by atoms with Crippen LogP contribution in [0.2, 0.25) is 0 Å². The van der Waals surface area contributed by atoms with E-state index in [2.05, 4.69) is 53.7 Å². The molecule has 0 amide bonds. The number of piperazine rings is 1. The lowest BCUT2D eigenvalue weighted by atomic mass is 9.71. The van der Waals surface area contributed by atoms with Crippen molar-refractivity contribution in [2.24, 2.45) is 11.3 Å². The van der Waals surface area contributed by atoms with Gasteiger partial charge in [0.2, 0.25) is 0 Å². The zero-order valence-corrected chi connectivity index (χ0v) is 22.2. The van der Waals surface area contributed by atoms with Crippen molar-refractivity contribution in [1.29, 1.82) is 0 Å². The number of ether oxygens (including phenoxy) is 1. The fraction of sp³-hybridized carbons (Fsp3) is 0.800. The molecule has 1 aromatic carbocycles. The van der Waals surface area contributed by atoms with Crippen LogP contribution in [0.4, 0.5) is 11.4 Å². The zero-order valence-electron chi connectivity index (χ0n) is 22.2. The fourth-order valence-corrected chi connectivity index (χ4v) is 6.79. The summed E-state index contributed by atoms with van der Waals surface area (Å²) in [6, 6.07) is 7.51. The van der Waals surface area contributed by atoms with Gasteiger partial charge in [0.25, 0.3) is 0 Å². The highest BCUT2D eigenvalue weighted by atomic mass is 16.5. The van der Waals surface area contributed by atoms with E-state index in [0.717, 1.165) is 44.4 Å². The van der Waals surface area contributed by atoms with Gasteiger partial charge in [-0.1, -0.05) is 20.3 Å². The second-order valence-electron chi connectivity index (χ2n) is 12.4. The Morgan fingerprint density at radius 1 is 0.853 bits per heavy atom. The van der Waals surface area contributed by atoms with Crippen LogP contribution in [0, 0.1) is 11.3 Å². The molecule has 2 saturated carbocycles. The lowest BCUT2D eigenvalue weighted by Gasteiger charge is -2.42. The van der Waals surface area contributed by atoms with E-state index < -0.39 is 0 Å². The van der Waals surface area contributed by atoms with Crippen molar-refractivity contribution in [3.8, 4) is 0 Å². The molecule has 5 rings (SSSR count). The van der Waals surface area contributed by atoms with Crippen molar-refractivity contribution in [2.75, 3.05) is 62.2 Å². The number of hydrogen-bond donors (Lipinski definition) is 0. The quantitative estimate of drug-likeness (QED) is 0.468. The number of nitrogens with zero attached hydrogens (tertiary/aromatic N) is 3. The topological polar surface area (TPSA) is 19.0 Å². The number of anilines is 2. The van der Waals surface area contributed by atoms with E-state index >= 15 is 0 Å². The van der Waals surface area contributed by atoms with Crippen molar-refractivity contribution < 1.29 is 4.74 Å². The van der Waals surface area contributed by atoms with Crippen LogP contribution in [0.3, 0.4) is 0 Å². The Hall–Kier alpha value is -1.26. The van der Waals surface area contributed by atoms with Crippen LogP contribution in [0.25, 0.3) is 0 Å². The van der Waals surface area contributed by atoms with Crippen molar-refractivity contribution in [1.82, 2.24) is 4.90 Å². The van der Waals surface area contributed by atoms with Gasteiger partial charge in [-0.05, 0) is 99.3 Å². The Morgan fingerprint density at radius 2 is 1.56 bits per heavy atom. The summed E-state index contributed by atoms with van der Waals surface area (Å²) < 4.78 is 5.91. The Kier molecular flexibility index (Phi) is 7.75. The largest absolute Gasteiger partial charge is 0.378 e. The van der Waals surface area contributed by atoms with Gasteiger partial charge in [-0.25, -0.2) is 0 Å². The van der Waals surface area contributed by atoms with Gasteiger partial charge in [-0.15, -0.1) is 0 Å². The first-order valence-electron chi connectivity index (χ1n) is 14.5. The summed E-state index contributed by atoms with van der Waals surface area (Å²) in [5, 5.41) is 0. The number of benzene rings is 1. The molecule has 0 unspecified atom stereocenters. The minimum Gasteiger partial charge on any atom is -0.378 e. The Labute approximate surface area is 209 Å². The second-order valence-corrected chi connectivity index (χ2v) is 12.4. The third-order valence-corrected chi connectivity index (χ3v) is 9.45. The molecular formula is C30H49N3O. The number of hydrogen-bond acceptors (Lipinski definition) is 4. The Morgan fingerprint density at radius 3 is 2.18 bits per heavy atom. The average molecular weight is 468 g/mol. The minimum absolute atomic E-state index is 0.455. The van der Waals surface area contributed by atoms with E-state index in [9.17, 15) is 0 Å².